The van der Waals surface area contributed by atoms with Gasteiger partial charge >= 0.3 is 0 Å². The number of anilines is 1. The fourth-order valence-electron chi connectivity index (χ4n) is 2.45. The van der Waals surface area contributed by atoms with Gasteiger partial charge in [0.15, 0.2) is 5.13 Å². The van der Waals surface area contributed by atoms with Crippen LogP contribution in [0.4, 0.5) is 5.13 Å². The summed E-state index contributed by atoms with van der Waals surface area (Å²) in [5.74, 6) is 1.00. The van der Waals surface area contributed by atoms with Gasteiger partial charge in [0.1, 0.15) is 12.2 Å². The molecular weight excluding hydrogens is 234 g/mol. The van der Waals surface area contributed by atoms with Crippen LogP contribution >= 0.6 is 11.3 Å². The van der Waals surface area contributed by atoms with Crippen molar-refractivity contribution >= 4 is 16.5 Å². The molecule has 1 aliphatic carbocycles. The van der Waals surface area contributed by atoms with E-state index < -0.39 is 0 Å². The first-order chi connectivity index (χ1) is 8.33. The Hall–Kier alpha value is -1.43. The van der Waals surface area contributed by atoms with Gasteiger partial charge in [0.05, 0.1) is 12.1 Å². The lowest BCUT2D eigenvalue weighted by atomic mass is 10.2. The van der Waals surface area contributed by atoms with E-state index in [1.807, 2.05) is 11.7 Å². The van der Waals surface area contributed by atoms with E-state index in [9.17, 15) is 0 Å². The van der Waals surface area contributed by atoms with Gasteiger partial charge in [0, 0.05) is 11.4 Å². The second kappa shape index (κ2) is 4.44. The van der Waals surface area contributed by atoms with Crippen LogP contribution in [0.25, 0.3) is 0 Å². The summed E-state index contributed by atoms with van der Waals surface area (Å²) in [7, 11) is 0. The highest BCUT2D eigenvalue weighted by molar-refractivity contribution is 7.13. The molecule has 2 N–H and O–H groups in total. The quantitative estimate of drug-likeness (QED) is 0.903. The third-order valence-corrected chi connectivity index (χ3v) is 4.00. The van der Waals surface area contributed by atoms with Crippen molar-refractivity contribution < 1.29 is 0 Å². The van der Waals surface area contributed by atoms with Crippen molar-refractivity contribution in [2.75, 3.05) is 5.73 Å². The number of nitrogens with two attached hydrogens (primary N) is 1. The molecule has 2 aromatic rings. The van der Waals surface area contributed by atoms with Crippen LogP contribution in [-0.4, -0.2) is 19.7 Å². The molecule has 1 saturated carbocycles. The Morgan fingerprint density at radius 1 is 1.41 bits per heavy atom. The van der Waals surface area contributed by atoms with Crippen molar-refractivity contribution in [2.24, 2.45) is 0 Å². The van der Waals surface area contributed by atoms with Crippen molar-refractivity contribution in [2.45, 2.75) is 38.1 Å². The first-order valence-electron chi connectivity index (χ1n) is 5.91. The minimum absolute atomic E-state index is 0.580. The van der Waals surface area contributed by atoms with Crippen molar-refractivity contribution in [3.8, 4) is 0 Å². The van der Waals surface area contributed by atoms with Crippen LogP contribution < -0.4 is 5.73 Å². The molecule has 0 saturated heterocycles. The molecular formula is C11H15N5S. The molecule has 5 nitrogen and oxygen atoms in total. The van der Waals surface area contributed by atoms with E-state index in [0.717, 1.165) is 17.9 Å². The van der Waals surface area contributed by atoms with Gasteiger partial charge in [0.25, 0.3) is 0 Å². The number of nitrogen functional groups attached to an aromatic ring is 1. The summed E-state index contributed by atoms with van der Waals surface area (Å²) >= 11 is 1.47. The number of rotatable bonds is 3. The highest BCUT2D eigenvalue weighted by atomic mass is 32.1. The zero-order valence-electron chi connectivity index (χ0n) is 9.54. The van der Waals surface area contributed by atoms with Crippen molar-refractivity contribution in [1.29, 1.82) is 0 Å². The van der Waals surface area contributed by atoms with Gasteiger partial charge in [-0.1, -0.05) is 12.8 Å². The molecule has 0 bridgehead atoms. The maximum atomic E-state index is 5.63. The largest absolute Gasteiger partial charge is 0.375 e. The standard InChI is InChI=1S/C11H15N5S/c12-11-14-8(6-17-11)5-10-15-13-7-16(10)9-3-1-2-4-9/h6-7,9H,1-5H2,(H2,12,14). The number of nitrogens with zero attached hydrogens (tertiary/aromatic N) is 4. The summed E-state index contributed by atoms with van der Waals surface area (Å²) in [6.45, 7) is 0. The molecule has 6 heteroatoms. The zero-order chi connectivity index (χ0) is 11.7. The number of hydrogen-bond donors (Lipinski definition) is 1. The van der Waals surface area contributed by atoms with E-state index in [-0.39, 0.29) is 0 Å². The van der Waals surface area contributed by atoms with Gasteiger partial charge in [-0.05, 0) is 12.8 Å². The predicted octanol–water partition coefficient (Wildman–Crippen LogP) is 2.02. The highest BCUT2D eigenvalue weighted by Gasteiger charge is 2.20. The van der Waals surface area contributed by atoms with Crippen LogP contribution in [0.5, 0.6) is 0 Å². The van der Waals surface area contributed by atoms with Crippen LogP contribution in [-0.2, 0) is 6.42 Å². The summed E-state index contributed by atoms with van der Waals surface area (Å²) in [5, 5.41) is 10.8. The van der Waals surface area contributed by atoms with Gasteiger partial charge in [-0.2, -0.15) is 0 Å². The Balaban J connectivity index is 1.81. The van der Waals surface area contributed by atoms with Crippen LogP contribution in [0.15, 0.2) is 11.7 Å². The van der Waals surface area contributed by atoms with Crippen molar-refractivity contribution in [1.82, 2.24) is 19.7 Å². The SMILES string of the molecule is Nc1nc(Cc2nncn2C2CCCC2)cs1. The molecule has 1 fully saturated rings. The molecule has 0 amide bonds. The molecule has 0 unspecified atom stereocenters. The minimum Gasteiger partial charge on any atom is -0.375 e. The molecule has 90 valence electrons. The summed E-state index contributed by atoms with van der Waals surface area (Å²) in [5.41, 5.74) is 6.62. The summed E-state index contributed by atoms with van der Waals surface area (Å²) < 4.78 is 2.21. The molecule has 2 aromatic heterocycles. The predicted molar refractivity (Wildman–Crippen MR) is 66.9 cm³/mol. The van der Waals surface area contributed by atoms with E-state index >= 15 is 0 Å². The summed E-state index contributed by atoms with van der Waals surface area (Å²) in [4.78, 5) is 4.27. The Kier molecular flexibility index (Phi) is 2.80. The maximum absolute atomic E-state index is 5.63. The molecule has 1 aliphatic rings. The third kappa shape index (κ3) is 2.17. The average Bonchev–Trinajstić information content (AvgIpc) is 3.00. The monoisotopic (exact) mass is 249 g/mol. The van der Waals surface area contributed by atoms with Gasteiger partial charge in [-0.3, -0.25) is 0 Å². The Labute approximate surface area is 104 Å². The topological polar surface area (TPSA) is 69.6 Å². The van der Waals surface area contributed by atoms with Gasteiger partial charge in [-0.15, -0.1) is 21.5 Å². The second-order valence-corrected chi connectivity index (χ2v) is 5.34. The van der Waals surface area contributed by atoms with E-state index in [0.29, 0.717) is 11.2 Å². The Bertz CT molecular complexity index is 497. The first-order valence-corrected chi connectivity index (χ1v) is 6.79. The van der Waals surface area contributed by atoms with Gasteiger partial charge in [-0.25, -0.2) is 4.98 Å². The minimum atomic E-state index is 0.580. The van der Waals surface area contributed by atoms with Crippen LogP contribution in [0, 0.1) is 0 Å². The summed E-state index contributed by atoms with van der Waals surface area (Å²) in [6, 6.07) is 0.580. The number of aromatic nitrogens is 4. The third-order valence-electron chi connectivity index (χ3n) is 3.27. The molecule has 0 aromatic carbocycles. The first kappa shape index (κ1) is 10.7. The second-order valence-electron chi connectivity index (χ2n) is 4.45. The molecule has 0 aliphatic heterocycles. The van der Waals surface area contributed by atoms with E-state index in [1.54, 1.807) is 0 Å². The Morgan fingerprint density at radius 2 is 2.24 bits per heavy atom. The van der Waals surface area contributed by atoms with E-state index in [2.05, 4.69) is 19.7 Å². The smallest absolute Gasteiger partial charge is 0.180 e. The lowest BCUT2D eigenvalue weighted by Crippen LogP contribution is -2.09. The highest BCUT2D eigenvalue weighted by Crippen LogP contribution is 2.30. The molecule has 0 radical (unpaired) electrons. The number of hydrogen-bond acceptors (Lipinski definition) is 5. The normalized spacial score (nSPS) is 16.7. The van der Waals surface area contributed by atoms with E-state index in [1.165, 1.54) is 37.0 Å². The summed E-state index contributed by atoms with van der Waals surface area (Å²) in [6.07, 6.45) is 7.68. The average molecular weight is 249 g/mol. The van der Waals surface area contributed by atoms with Crippen LogP contribution in [0.1, 0.15) is 43.2 Å². The van der Waals surface area contributed by atoms with Crippen molar-refractivity contribution in [3.05, 3.63) is 23.2 Å². The van der Waals surface area contributed by atoms with Crippen LogP contribution in [0.2, 0.25) is 0 Å². The van der Waals surface area contributed by atoms with Crippen molar-refractivity contribution in [3.63, 3.8) is 0 Å². The lowest BCUT2D eigenvalue weighted by Gasteiger charge is -2.12. The molecule has 17 heavy (non-hydrogen) atoms. The molecule has 0 spiro atoms. The Morgan fingerprint density at radius 3 is 2.94 bits per heavy atom. The zero-order valence-corrected chi connectivity index (χ0v) is 10.4. The number of thiazole rings is 1. The maximum Gasteiger partial charge on any atom is 0.180 e. The van der Waals surface area contributed by atoms with Crippen LogP contribution in [0.3, 0.4) is 0 Å². The molecule has 3 rings (SSSR count). The van der Waals surface area contributed by atoms with Gasteiger partial charge in [0.2, 0.25) is 0 Å². The van der Waals surface area contributed by atoms with E-state index in [4.69, 9.17) is 5.73 Å². The fraction of sp³-hybridized carbons (Fsp3) is 0.545. The lowest BCUT2D eigenvalue weighted by molar-refractivity contribution is 0.500. The van der Waals surface area contributed by atoms with Gasteiger partial charge < -0.3 is 10.3 Å². The molecule has 2 heterocycles. The molecule has 0 atom stereocenters. The fourth-order valence-corrected chi connectivity index (χ4v) is 3.01.